The van der Waals surface area contributed by atoms with Gasteiger partial charge in [-0.25, -0.2) is 4.98 Å². The normalized spacial score (nSPS) is 12.3. The second-order valence-corrected chi connectivity index (χ2v) is 7.70. The summed E-state index contributed by atoms with van der Waals surface area (Å²) in [5, 5.41) is 2.81. The highest BCUT2D eigenvalue weighted by molar-refractivity contribution is 7.15. The fraction of sp³-hybridized carbons (Fsp3) is 0.105. The summed E-state index contributed by atoms with van der Waals surface area (Å²) in [5.74, 6) is 0.508. The zero-order valence-corrected chi connectivity index (χ0v) is 15.8. The van der Waals surface area contributed by atoms with E-state index in [0.29, 0.717) is 39.3 Å². The number of fused-ring (bicyclic) bond motifs is 2. The number of carbonyl (C=O) groups is 2. The van der Waals surface area contributed by atoms with Gasteiger partial charge in [0.2, 0.25) is 0 Å². The van der Waals surface area contributed by atoms with Gasteiger partial charge >= 0.3 is 0 Å². The molecular weight excluding hydrogens is 386 g/mol. The Hall–Kier alpha value is -2.90. The highest BCUT2D eigenvalue weighted by Gasteiger charge is 2.22. The molecule has 3 aromatic rings. The molecule has 1 aliphatic rings. The SMILES string of the molecule is CN(Cc1cnc(Cl)s1)C(=O)c1ccc2c(c1)NC(=O)c1ccccc1O2. The number of rotatable bonds is 3. The molecule has 1 N–H and O–H groups in total. The maximum Gasteiger partial charge on any atom is 0.259 e. The molecule has 0 bridgehead atoms. The number of halogens is 1. The van der Waals surface area contributed by atoms with Crippen molar-refractivity contribution in [2.45, 2.75) is 6.54 Å². The lowest BCUT2D eigenvalue weighted by atomic mass is 10.1. The van der Waals surface area contributed by atoms with Crippen LogP contribution in [0.3, 0.4) is 0 Å². The van der Waals surface area contributed by atoms with Crippen LogP contribution in [0.25, 0.3) is 0 Å². The van der Waals surface area contributed by atoms with Gasteiger partial charge in [-0.1, -0.05) is 23.7 Å². The quantitative estimate of drug-likeness (QED) is 0.707. The minimum Gasteiger partial charge on any atom is -0.454 e. The second kappa shape index (κ2) is 7.02. The van der Waals surface area contributed by atoms with Crippen LogP contribution in [0.5, 0.6) is 11.5 Å². The molecule has 2 heterocycles. The first-order valence-electron chi connectivity index (χ1n) is 8.09. The van der Waals surface area contributed by atoms with Crippen molar-refractivity contribution in [3.63, 3.8) is 0 Å². The number of hydrogen-bond donors (Lipinski definition) is 1. The van der Waals surface area contributed by atoms with Crippen molar-refractivity contribution in [1.29, 1.82) is 0 Å². The van der Waals surface area contributed by atoms with Crippen molar-refractivity contribution in [2.75, 3.05) is 12.4 Å². The number of nitrogens with zero attached hydrogens (tertiary/aromatic N) is 2. The summed E-state index contributed by atoms with van der Waals surface area (Å²) in [7, 11) is 1.70. The maximum atomic E-state index is 12.8. The molecular formula is C19H14ClN3O3S. The molecule has 0 fully saturated rings. The summed E-state index contributed by atoms with van der Waals surface area (Å²) in [6.45, 7) is 0.397. The van der Waals surface area contributed by atoms with Gasteiger partial charge in [0.05, 0.1) is 17.8 Å². The molecule has 0 saturated heterocycles. The van der Waals surface area contributed by atoms with Crippen LogP contribution < -0.4 is 10.1 Å². The van der Waals surface area contributed by atoms with Gasteiger partial charge in [-0.3, -0.25) is 9.59 Å². The molecule has 4 rings (SSSR count). The number of amides is 2. The third-order valence-corrected chi connectivity index (χ3v) is 5.19. The Kier molecular flexibility index (Phi) is 4.55. The first kappa shape index (κ1) is 17.5. The first-order valence-corrected chi connectivity index (χ1v) is 9.28. The zero-order chi connectivity index (χ0) is 19.0. The Labute approximate surface area is 164 Å². The van der Waals surface area contributed by atoms with Crippen LogP contribution >= 0.6 is 22.9 Å². The van der Waals surface area contributed by atoms with Crippen molar-refractivity contribution in [3.8, 4) is 11.5 Å². The summed E-state index contributed by atoms with van der Waals surface area (Å²) < 4.78 is 6.28. The summed E-state index contributed by atoms with van der Waals surface area (Å²) >= 11 is 7.17. The molecule has 8 heteroatoms. The lowest BCUT2D eigenvalue weighted by Crippen LogP contribution is -2.26. The Morgan fingerprint density at radius 1 is 1.26 bits per heavy atom. The molecule has 1 aliphatic heterocycles. The summed E-state index contributed by atoms with van der Waals surface area (Å²) in [4.78, 5) is 31.6. The average molecular weight is 400 g/mol. The number of anilines is 1. The summed E-state index contributed by atoms with van der Waals surface area (Å²) in [6, 6.07) is 12.0. The molecule has 0 unspecified atom stereocenters. The van der Waals surface area contributed by atoms with E-state index in [0.717, 1.165) is 4.88 Å². The van der Waals surface area contributed by atoms with Crippen LogP contribution in [0.1, 0.15) is 25.6 Å². The summed E-state index contributed by atoms with van der Waals surface area (Å²) in [6.07, 6.45) is 1.65. The van der Waals surface area contributed by atoms with Crippen LogP contribution in [0.4, 0.5) is 5.69 Å². The van der Waals surface area contributed by atoms with Gasteiger partial charge in [0.15, 0.2) is 10.2 Å². The van der Waals surface area contributed by atoms with E-state index >= 15 is 0 Å². The number of hydrogen-bond acceptors (Lipinski definition) is 5. The number of nitrogens with one attached hydrogen (secondary N) is 1. The van der Waals surface area contributed by atoms with E-state index in [1.165, 1.54) is 11.3 Å². The lowest BCUT2D eigenvalue weighted by Gasteiger charge is -2.17. The topological polar surface area (TPSA) is 71.5 Å². The fourth-order valence-corrected chi connectivity index (χ4v) is 3.82. The van der Waals surface area contributed by atoms with Crippen molar-refractivity contribution >= 4 is 40.4 Å². The Morgan fingerprint density at radius 2 is 2.07 bits per heavy atom. The van der Waals surface area contributed by atoms with Gasteiger partial charge < -0.3 is 15.0 Å². The number of ether oxygens (including phenoxy) is 1. The van der Waals surface area contributed by atoms with E-state index in [-0.39, 0.29) is 11.8 Å². The van der Waals surface area contributed by atoms with E-state index in [1.54, 1.807) is 60.6 Å². The first-order chi connectivity index (χ1) is 13.0. The van der Waals surface area contributed by atoms with Gasteiger partial charge in [-0.15, -0.1) is 11.3 Å². The molecule has 0 aliphatic carbocycles. The van der Waals surface area contributed by atoms with E-state index in [2.05, 4.69) is 10.3 Å². The van der Waals surface area contributed by atoms with Crippen molar-refractivity contribution in [2.24, 2.45) is 0 Å². The van der Waals surface area contributed by atoms with Gasteiger partial charge in [-0.05, 0) is 30.3 Å². The predicted octanol–water partition coefficient (Wildman–Crippen LogP) is 4.43. The molecule has 1 aromatic heterocycles. The lowest BCUT2D eigenvalue weighted by molar-refractivity contribution is 0.0786. The number of para-hydroxylation sites is 1. The van der Waals surface area contributed by atoms with Crippen molar-refractivity contribution < 1.29 is 14.3 Å². The second-order valence-electron chi connectivity index (χ2n) is 6.00. The smallest absolute Gasteiger partial charge is 0.259 e. The Morgan fingerprint density at radius 3 is 2.85 bits per heavy atom. The monoisotopic (exact) mass is 399 g/mol. The van der Waals surface area contributed by atoms with E-state index in [4.69, 9.17) is 16.3 Å². The number of thiazole rings is 1. The molecule has 2 amide bonds. The maximum absolute atomic E-state index is 12.8. The molecule has 0 saturated carbocycles. The molecule has 2 aromatic carbocycles. The number of aromatic nitrogens is 1. The summed E-state index contributed by atoms with van der Waals surface area (Å²) in [5.41, 5.74) is 1.35. The Bertz CT molecular complexity index is 1050. The van der Waals surface area contributed by atoms with Gasteiger partial charge in [-0.2, -0.15) is 0 Å². The molecule has 0 spiro atoms. The van der Waals surface area contributed by atoms with Crippen LogP contribution in [0, 0.1) is 0 Å². The third kappa shape index (κ3) is 3.51. The van der Waals surface area contributed by atoms with E-state index in [9.17, 15) is 9.59 Å². The highest BCUT2D eigenvalue weighted by Crippen LogP contribution is 2.36. The zero-order valence-electron chi connectivity index (χ0n) is 14.2. The van der Waals surface area contributed by atoms with Crippen molar-refractivity contribution in [1.82, 2.24) is 9.88 Å². The molecule has 0 atom stereocenters. The van der Waals surface area contributed by atoms with Crippen LogP contribution in [0.15, 0.2) is 48.7 Å². The minimum atomic E-state index is -0.276. The molecule has 0 radical (unpaired) electrons. The van der Waals surface area contributed by atoms with Crippen LogP contribution in [0.2, 0.25) is 4.47 Å². The third-order valence-electron chi connectivity index (χ3n) is 4.09. The van der Waals surface area contributed by atoms with Gasteiger partial charge in [0, 0.05) is 23.7 Å². The predicted molar refractivity (Wildman–Crippen MR) is 104 cm³/mol. The highest BCUT2D eigenvalue weighted by atomic mass is 35.5. The number of carbonyl (C=O) groups excluding carboxylic acids is 2. The van der Waals surface area contributed by atoms with E-state index in [1.807, 2.05) is 0 Å². The van der Waals surface area contributed by atoms with Crippen LogP contribution in [-0.4, -0.2) is 28.7 Å². The minimum absolute atomic E-state index is 0.182. The fourth-order valence-electron chi connectivity index (χ4n) is 2.78. The largest absolute Gasteiger partial charge is 0.454 e. The van der Waals surface area contributed by atoms with E-state index < -0.39 is 0 Å². The van der Waals surface area contributed by atoms with Gasteiger partial charge in [0.25, 0.3) is 11.8 Å². The van der Waals surface area contributed by atoms with Crippen LogP contribution in [-0.2, 0) is 6.54 Å². The average Bonchev–Trinajstić information content (AvgIpc) is 3.00. The Balaban J connectivity index is 1.59. The van der Waals surface area contributed by atoms with Gasteiger partial charge in [0.1, 0.15) is 5.75 Å². The molecule has 27 heavy (non-hydrogen) atoms. The number of benzene rings is 2. The standard InChI is InChI=1S/C19H14ClN3O3S/c1-23(10-12-9-21-19(20)27-12)18(25)11-6-7-16-14(8-11)22-17(24)13-4-2-3-5-15(13)26-16/h2-9H,10H2,1H3,(H,22,24). The molecule has 136 valence electrons. The molecule has 6 nitrogen and oxygen atoms in total. The van der Waals surface area contributed by atoms with Crippen molar-refractivity contribution in [3.05, 3.63) is 69.1 Å².